The molecule has 16 heavy (non-hydrogen) atoms. The standard InChI is InChI=1S/C13H15BrOS/c1-7-5-6-11(16-7)13(14)12-8(2)9(3)15-10(12)4/h5-6,13H,1-4H3. The third-order valence-electron chi connectivity index (χ3n) is 2.88. The quantitative estimate of drug-likeness (QED) is 0.706. The molecule has 0 spiro atoms. The molecule has 0 saturated heterocycles. The van der Waals surface area contributed by atoms with E-state index in [0.717, 1.165) is 11.5 Å². The fraction of sp³-hybridized carbons (Fsp3) is 0.385. The Morgan fingerprint density at radius 2 is 1.81 bits per heavy atom. The molecule has 2 rings (SSSR count). The molecule has 86 valence electrons. The molecule has 1 nitrogen and oxygen atoms in total. The monoisotopic (exact) mass is 298 g/mol. The van der Waals surface area contributed by atoms with E-state index in [9.17, 15) is 0 Å². The average Bonchev–Trinajstić information content (AvgIpc) is 2.73. The molecule has 0 N–H and O–H groups in total. The van der Waals surface area contributed by atoms with Crippen LogP contribution in [0.2, 0.25) is 0 Å². The Morgan fingerprint density at radius 3 is 2.25 bits per heavy atom. The lowest BCUT2D eigenvalue weighted by Crippen LogP contribution is -1.92. The van der Waals surface area contributed by atoms with Crippen LogP contribution in [-0.4, -0.2) is 0 Å². The van der Waals surface area contributed by atoms with Crippen LogP contribution in [0.25, 0.3) is 0 Å². The Labute approximate surface area is 109 Å². The Balaban J connectivity index is 2.44. The first kappa shape index (κ1) is 11.9. The number of furan rings is 1. The van der Waals surface area contributed by atoms with Gasteiger partial charge in [0.25, 0.3) is 0 Å². The van der Waals surface area contributed by atoms with Crippen molar-refractivity contribution in [2.75, 3.05) is 0 Å². The molecule has 2 heterocycles. The molecule has 0 aliphatic heterocycles. The zero-order valence-corrected chi connectivity index (χ0v) is 12.3. The largest absolute Gasteiger partial charge is 0.466 e. The lowest BCUT2D eigenvalue weighted by Gasteiger charge is -2.07. The second-order valence-electron chi connectivity index (χ2n) is 4.06. The molecule has 0 bridgehead atoms. The van der Waals surface area contributed by atoms with Crippen molar-refractivity contribution in [3.63, 3.8) is 0 Å². The maximum Gasteiger partial charge on any atom is 0.106 e. The Bertz CT molecular complexity index is 510. The molecule has 0 aliphatic rings. The van der Waals surface area contributed by atoms with Gasteiger partial charge in [0, 0.05) is 15.3 Å². The van der Waals surface area contributed by atoms with Crippen molar-refractivity contribution in [2.45, 2.75) is 32.5 Å². The summed E-state index contributed by atoms with van der Waals surface area (Å²) in [7, 11) is 0. The molecular formula is C13H15BrOS. The molecule has 0 saturated carbocycles. The van der Waals surface area contributed by atoms with Crippen molar-refractivity contribution in [3.8, 4) is 0 Å². The Kier molecular flexibility index (Phi) is 3.27. The Hall–Kier alpha value is -0.540. The summed E-state index contributed by atoms with van der Waals surface area (Å²) in [6.07, 6.45) is 0. The summed E-state index contributed by atoms with van der Waals surface area (Å²) in [5.41, 5.74) is 2.53. The number of halogens is 1. The normalized spacial score (nSPS) is 13.1. The smallest absolute Gasteiger partial charge is 0.106 e. The number of aryl methyl sites for hydroxylation is 3. The number of hydrogen-bond acceptors (Lipinski definition) is 2. The molecule has 3 heteroatoms. The maximum absolute atomic E-state index is 5.67. The van der Waals surface area contributed by atoms with Gasteiger partial charge in [-0.25, -0.2) is 0 Å². The van der Waals surface area contributed by atoms with Crippen LogP contribution in [0.3, 0.4) is 0 Å². The van der Waals surface area contributed by atoms with Crippen molar-refractivity contribution in [3.05, 3.63) is 44.5 Å². The minimum Gasteiger partial charge on any atom is -0.466 e. The number of alkyl halides is 1. The molecule has 2 aromatic heterocycles. The van der Waals surface area contributed by atoms with Crippen LogP contribution in [-0.2, 0) is 0 Å². The van der Waals surface area contributed by atoms with Crippen molar-refractivity contribution in [2.24, 2.45) is 0 Å². The van der Waals surface area contributed by atoms with Crippen molar-refractivity contribution in [1.29, 1.82) is 0 Å². The minimum absolute atomic E-state index is 0.253. The molecule has 0 aromatic carbocycles. The van der Waals surface area contributed by atoms with E-state index in [2.05, 4.69) is 41.9 Å². The average molecular weight is 299 g/mol. The number of hydrogen-bond donors (Lipinski definition) is 0. The van der Waals surface area contributed by atoms with Gasteiger partial charge in [-0.2, -0.15) is 0 Å². The fourth-order valence-corrected chi connectivity index (χ4v) is 3.88. The van der Waals surface area contributed by atoms with Gasteiger partial charge in [0.1, 0.15) is 11.5 Å². The van der Waals surface area contributed by atoms with Gasteiger partial charge in [-0.05, 0) is 45.4 Å². The van der Waals surface area contributed by atoms with Gasteiger partial charge in [-0.3, -0.25) is 0 Å². The van der Waals surface area contributed by atoms with Crippen LogP contribution in [0.5, 0.6) is 0 Å². The minimum atomic E-state index is 0.253. The summed E-state index contributed by atoms with van der Waals surface area (Å²) in [6, 6.07) is 4.34. The van der Waals surface area contributed by atoms with Gasteiger partial charge in [0.05, 0.1) is 4.83 Å². The second-order valence-corrected chi connectivity index (χ2v) is 6.30. The van der Waals surface area contributed by atoms with Crippen LogP contribution in [0.1, 0.15) is 37.2 Å². The summed E-state index contributed by atoms with van der Waals surface area (Å²) in [5.74, 6) is 2.04. The zero-order chi connectivity index (χ0) is 11.9. The van der Waals surface area contributed by atoms with E-state index >= 15 is 0 Å². The van der Waals surface area contributed by atoms with Crippen LogP contribution in [0, 0.1) is 27.7 Å². The summed E-state index contributed by atoms with van der Waals surface area (Å²) in [6.45, 7) is 8.30. The molecule has 0 amide bonds. The molecule has 0 aliphatic carbocycles. The molecule has 1 atom stereocenters. The second kappa shape index (κ2) is 4.38. The lowest BCUT2D eigenvalue weighted by atomic mass is 10.1. The SMILES string of the molecule is Cc1ccc(C(Br)c2c(C)oc(C)c2C)s1. The first-order valence-electron chi connectivity index (χ1n) is 5.27. The van der Waals surface area contributed by atoms with E-state index < -0.39 is 0 Å². The topological polar surface area (TPSA) is 13.1 Å². The Morgan fingerprint density at radius 1 is 1.12 bits per heavy atom. The predicted molar refractivity (Wildman–Crippen MR) is 72.7 cm³/mol. The highest BCUT2D eigenvalue weighted by atomic mass is 79.9. The number of thiophene rings is 1. The molecule has 1 unspecified atom stereocenters. The van der Waals surface area contributed by atoms with Gasteiger partial charge in [0.2, 0.25) is 0 Å². The summed E-state index contributed by atoms with van der Waals surface area (Å²) in [5, 5.41) is 0. The van der Waals surface area contributed by atoms with E-state index in [1.807, 2.05) is 25.2 Å². The van der Waals surface area contributed by atoms with Gasteiger partial charge in [-0.15, -0.1) is 11.3 Å². The maximum atomic E-state index is 5.67. The molecule has 0 fully saturated rings. The van der Waals surface area contributed by atoms with Crippen molar-refractivity contribution in [1.82, 2.24) is 0 Å². The van der Waals surface area contributed by atoms with E-state index in [-0.39, 0.29) is 4.83 Å². The molecule has 2 aromatic rings. The summed E-state index contributed by atoms with van der Waals surface area (Å²) in [4.78, 5) is 2.93. The van der Waals surface area contributed by atoms with Crippen LogP contribution in [0.15, 0.2) is 16.5 Å². The van der Waals surface area contributed by atoms with Gasteiger partial charge >= 0.3 is 0 Å². The van der Waals surface area contributed by atoms with Crippen LogP contribution in [0.4, 0.5) is 0 Å². The third-order valence-corrected chi connectivity index (χ3v) is 5.20. The fourth-order valence-electron chi connectivity index (χ4n) is 1.92. The number of rotatable bonds is 2. The summed E-state index contributed by atoms with van der Waals surface area (Å²) >= 11 is 5.60. The molecular weight excluding hydrogens is 284 g/mol. The van der Waals surface area contributed by atoms with Crippen molar-refractivity contribution >= 4 is 27.3 Å². The van der Waals surface area contributed by atoms with Gasteiger partial charge in [0.15, 0.2) is 0 Å². The first-order valence-corrected chi connectivity index (χ1v) is 7.00. The highest BCUT2D eigenvalue weighted by Gasteiger charge is 2.21. The van der Waals surface area contributed by atoms with Crippen LogP contribution >= 0.6 is 27.3 Å². The van der Waals surface area contributed by atoms with Crippen LogP contribution < -0.4 is 0 Å². The van der Waals surface area contributed by atoms with E-state index in [1.54, 1.807) is 0 Å². The predicted octanol–water partition coefficient (Wildman–Crippen LogP) is 5.06. The first-order chi connectivity index (χ1) is 7.50. The van der Waals surface area contributed by atoms with E-state index in [4.69, 9.17) is 4.42 Å². The van der Waals surface area contributed by atoms with Gasteiger partial charge < -0.3 is 4.42 Å². The lowest BCUT2D eigenvalue weighted by molar-refractivity contribution is 0.500. The summed E-state index contributed by atoms with van der Waals surface area (Å²) < 4.78 is 5.67. The third kappa shape index (κ3) is 1.98. The highest BCUT2D eigenvalue weighted by molar-refractivity contribution is 9.09. The zero-order valence-electron chi connectivity index (χ0n) is 9.93. The van der Waals surface area contributed by atoms with Gasteiger partial charge in [-0.1, -0.05) is 15.9 Å². The highest BCUT2D eigenvalue weighted by Crippen LogP contribution is 2.39. The van der Waals surface area contributed by atoms with E-state index in [0.29, 0.717) is 0 Å². The van der Waals surface area contributed by atoms with Crippen molar-refractivity contribution < 1.29 is 4.42 Å². The molecule has 0 radical (unpaired) electrons. The van der Waals surface area contributed by atoms with E-state index in [1.165, 1.54) is 20.9 Å².